The number of nitrogens with zero attached hydrogens (tertiary/aromatic N) is 3. The maximum Gasteiger partial charge on any atom is 0.227 e. The first-order valence-electron chi connectivity index (χ1n) is 7.53. The summed E-state index contributed by atoms with van der Waals surface area (Å²) in [6.45, 7) is 4.14. The Morgan fingerprint density at radius 2 is 2.00 bits per heavy atom. The molecule has 0 radical (unpaired) electrons. The molecule has 0 aliphatic rings. The van der Waals surface area contributed by atoms with Crippen molar-refractivity contribution < 1.29 is 4.52 Å². The van der Waals surface area contributed by atoms with Crippen molar-refractivity contribution in [1.29, 1.82) is 0 Å². The van der Waals surface area contributed by atoms with Crippen LogP contribution in [0.4, 0.5) is 0 Å². The van der Waals surface area contributed by atoms with Crippen LogP contribution in [0.1, 0.15) is 29.1 Å². The van der Waals surface area contributed by atoms with Gasteiger partial charge in [0.2, 0.25) is 11.7 Å². The molecule has 3 aromatic rings. The van der Waals surface area contributed by atoms with E-state index in [4.69, 9.17) is 4.52 Å². The van der Waals surface area contributed by atoms with Gasteiger partial charge in [0, 0.05) is 24.6 Å². The number of hydrogen-bond donors (Lipinski definition) is 0. The maximum atomic E-state index is 5.32. The third-order valence-electron chi connectivity index (χ3n) is 3.66. The molecule has 0 spiro atoms. The molecular weight excluding hydrogens is 286 g/mol. The van der Waals surface area contributed by atoms with Crippen molar-refractivity contribution in [1.82, 2.24) is 15.1 Å². The molecule has 0 atom stereocenters. The van der Waals surface area contributed by atoms with Crippen molar-refractivity contribution in [2.75, 3.05) is 0 Å². The van der Waals surface area contributed by atoms with Crippen molar-refractivity contribution in [3.05, 3.63) is 65.3 Å². The molecule has 0 saturated heterocycles. The fraction of sp³-hybridized carbons (Fsp3) is 0.211. The van der Waals surface area contributed by atoms with E-state index in [1.807, 2.05) is 30.3 Å². The molecule has 114 valence electrons. The minimum atomic E-state index is 0.608. The average molecular weight is 303 g/mol. The zero-order valence-electron chi connectivity index (χ0n) is 13.2. The number of pyridine rings is 1. The van der Waals surface area contributed by atoms with E-state index in [1.165, 1.54) is 11.1 Å². The second kappa shape index (κ2) is 6.89. The van der Waals surface area contributed by atoms with E-state index in [0.29, 0.717) is 24.6 Å². The van der Waals surface area contributed by atoms with Gasteiger partial charge in [0.05, 0.1) is 0 Å². The number of aryl methyl sites for hydroxylation is 2. The Morgan fingerprint density at radius 3 is 2.83 bits per heavy atom. The third-order valence-corrected chi connectivity index (χ3v) is 3.66. The van der Waals surface area contributed by atoms with Crippen LogP contribution in [-0.2, 0) is 6.42 Å². The molecule has 0 amide bonds. The summed E-state index contributed by atoms with van der Waals surface area (Å²) in [5, 5.41) is 4.08. The van der Waals surface area contributed by atoms with Crippen LogP contribution in [0.25, 0.3) is 11.4 Å². The smallest absolute Gasteiger partial charge is 0.227 e. The van der Waals surface area contributed by atoms with Crippen LogP contribution in [0, 0.1) is 25.7 Å². The van der Waals surface area contributed by atoms with Gasteiger partial charge >= 0.3 is 0 Å². The summed E-state index contributed by atoms with van der Waals surface area (Å²) in [4.78, 5) is 8.63. The van der Waals surface area contributed by atoms with Crippen LogP contribution in [0.5, 0.6) is 0 Å². The number of benzene rings is 1. The minimum absolute atomic E-state index is 0.608. The van der Waals surface area contributed by atoms with E-state index >= 15 is 0 Å². The summed E-state index contributed by atoms with van der Waals surface area (Å²) in [5.74, 6) is 7.34. The zero-order chi connectivity index (χ0) is 16.1. The van der Waals surface area contributed by atoms with Gasteiger partial charge in [0.1, 0.15) is 5.69 Å². The Labute approximate surface area is 135 Å². The molecule has 3 rings (SSSR count). The molecule has 0 saturated carbocycles. The van der Waals surface area contributed by atoms with Crippen LogP contribution in [0.15, 0.2) is 47.1 Å². The van der Waals surface area contributed by atoms with Gasteiger partial charge in [-0.25, -0.2) is 4.98 Å². The molecular formula is C19H17N3O. The average Bonchev–Trinajstić information content (AvgIpc) is 3.04. The molecule has 23 heavy (non-hydrogen) atoms. The molecule has 4 heteroatoms. The zero-order valence-corrected chi connectivity index (χ0v) is 13.2. The van der Waals surface area contributed by atoms with Crippen molar-refractivity contribution in [2.24, 2.45) is 0 Å². The Morgan fingerprint density at radius 1 is 1.09 bits per heavy atom. The number of aromatic nitrogens is 3. The van der Waals surface area contributed by atoms with Crippen molar-refractivity contribution in [2.45, 2.75) is 26.7 Å². The Hall–Kier alpha value is -2.93. The predicted molar refractivity (Wildman–Crippen MR) is 88.6 cm³/mol. The van der Waals surface area contributed by atoms with Crippen LogP contribution < -0.4 is 0 Å². The minimum Gasteiger partial charge on any atom is -0.339 e. The largest absolute Gasteiger partial charge is 0.339 e. The first-order chi connectivity index (χ1) is 11.2. The first kappa shape index (κ1) is 15.0. The third kappa shape index (κ3) is 3.64. The van der Waals surface area contributed by atoms with E-state index in [9.17, 15) is 0 Å². The number of rotatable bonds is 3. The molecule has 0 N–H and O–H groups in total. The molecule has 1 aromatic carbocycles. The summed E-state index contributed by atoms with van der Waals surface area (Å²) in [6.07, 6.45) is 3.03. The molecule has 4 nitrogen and oxygen atoms in total. The van der Waals surface area contributed by atoms with Crippen molar-refractivity contribution >= 4 is 0 Å². The number of hydrogen-bond acceptors (Lipinski definition) is 4. The predicted octanol–water partition coefficient (Wildman–Crippen LogP) is 3.73. The van der Waals surface area contributed by atoms with Gasteiger partial charge in [0.15, 0.2) is 0 Å². The van der Waals surface area contributed by atoms with Crippen molar-refractivity contribution in [3.8, 4) is 23.2 Å². The summed E-state index contributed by atoms with van der Waals surface area (Å²) in [5.41, 5.74) is 4.18. The quantitative estimate of drug-likeness (QED) is 0.692. The Kier molecular flexibility index (Phi) is 4.49. The van der Waals surface area contributed by atoms with Gasteiger partial charge in [-0.1, -0.05) is 35.3 Å². The first-order valence-corrected chi connectivity index (χ1v) is 7.53. The molecule has 2 aromatic heterocycles. The van der Waals surface area contributed by atoms with Gasteiger partial charge in [-0.3, -0.25) is 0 Å². The lowest BCUT2D eigenvalue weighted by Gasteiger charge is -2.03. The monoisotopic (exact) mass is 303 g/mol. The van der Waals surface area contributed by atoms with Gasteiger partial charge in [-0.2, -0.15) is 4.98 Å². The lowest BCUT2D eigenvalue weighted by atomic mass is 10.0. The maximum absolute atomic E-state index is 5.32. The topological polar surface area (TPSA) is 51.8 Å². The van der Waals surface area contributed by atoms with E-state index in [2.05, 4.69) is 46.9 Å². The normalized spacial score (nSPS) is 10.2. The van der Waals surface area contributed by atoms with Crippen LogP contribution >= 0.6 is 0 Å². The highest BCUT2D eigenvalue weighted by molar-refractivity contribution is 5.61. The molecule has 0 bridgehead atoms. The molecule has 0 aliphatic heterocycles. The van der Waals surface area contributed by atoms with Gasteiger partial charge in [-0.15, -0.1) is 0 Å². The van der Waals surface area contributed by atoms with E-state index in [-0.39, 0.29) is 0 Å². The fourth-order valence-corrected chi connectivity index (χ4v) is 2.22. The fourth-order valence-electron chi connectivity index (χ4n) is 2.22. The Bertz CT molecular complexity index is 857. The molecule has 2 heterocycles. The highest BCUT2D eigenvalue weighted by atomic mass is 16.5. The van der Waals surface area contributed by atoms with Crippen LogP contribution in [-0.4, -0.2) is 15.1 Å². The SMILES string of the molecule is Cc1cccc(-c2noc(CCC#Cc3ccccn3)n2)c1C. The summed E-state index contributed by atoms with van der Waals surface area (Å²) >= 11 is 0. The molecule has 0 aliphatic carbocycles. The van der Waals surface area contributed by atoms with Gasteiger partial charge in [-0.05, 0) is 43.0 Å². The Balaban J connectivity index is 1.66. The summed E-state index contributed by atoms with van der Waals surface area (Å²) < 4.78 is 5.32. The molecule has 0 fully saturated rings. The lowest BCUT2D eigenvalue weighted by molar-refractivity contribution is 0.380. The lowest BCUT2D eigenvalue weighted by Crippen LogP contribution is -1.89. The van der Waals surface area contributed by atoms with E-state index in [1.54, 1.807) is 6.20 Å². The van der Waals surface area contributed by atoms with E-state index < -0.39 is 0 Å². The van der Waals surface area contributed by atoms with Gasteiger partial charge in [0.25, 0.3) is 0 Å². The van der Waals surface area contributed by atoms with Crippen LogP contribution in [0.3, 0.4) is 0 Å². The standard InChI is InChI=1S/C19H17N3O/c1-14-8-7-11-17(15(14)2)19-21-18(23-22-19)12-4-3-9-16-10-5-6-13-20-16/h5-8,10-11,13H,4,12H2,1-2H3. The summed E-state index contributed by atoms with van der Waals surface area (Å²) in [7, 11) is 0. The molecule has 0 unspecified atom stereocenters. The summed E-state index contributed by atoms with van der Waals surface area (Å²) in [6, 6.07) is 11.8. The second-order valence-electron chi connectivity index (χ2n) is 5.28. The van der Waals surface area contributed by atoms with Gasteiger partial charge < -0.3 is 4.52 Å². The van der Waals surface area contributed by atoms with Crippen LogP contribution in [0.2, 0.25) is 0 Å². The highest BCUT2D eigenvalue weighted by Gasteiger charge is 2.11. The second-order valence-corrected chi connectivity index (χ2v) is 5.28. The van der Waals surface area contributed by atoms with E-state index in [0.717, 1.165) is 11.3 Å². The highest BCUT2D eigenvalue weighted by Crippen LogP contribution is 2.22. The van der Waals surface area contributed by atoms with Crippen molar-refractivity contribution in [3.63, 3.8) is 0 Å².